The molecule has 0 aliphatic rings. The van der Waals surface area contributed by atoms with E-state index in [-0.39, 0.29) is 30.0 Å². The van der Waals surface area contributed by atoms with Crippen LogP contribution in [0.5, 0.6) is 0 Å². The number of benzene rings is 3. The van der Waals surface area contributed by atoms with E-state index in [0.29, 0.717) is 35.3 Å². The molecule has 0 bridgehead atoms. The number of hydrogen-bond donors (Lipinski definition) is 2. The zero-order valence-electron chi connectivity index (χ0n) is 22.2. The van der Waals surface area contributed by atoms with Crippen LogP contribution in [-0.2, 0) is 24.5 Å². The summed E-state index contributed by atoms with van der Waals surface area (Å²) in [6.45, 7) is 7.65. The van der Waals surface area contributed by atoms with Crippen molar-refractivity contribution in [2.24, 2.45) is 0 Å². The van der Waals surface area contributed by atoms with Gasteiger partial charge >= 0.3 is 5.69 Å². The number of nitrogens with zero attached hydrogens (tertiary/aromatic N) is 3. The van der Waals surface area contributed by atoms with Gasteiger partial charge in [0, 0.05) is 18.0 Å². The molecule has 0 aliphatic carbocycles. The highest BCUT2D eigenvalue weighted by atomic mass is 35.5. The van der Waals surface area contributed by atoms with Gasteiger partial charge in [-0.25, -0.2) is 9.18 Å². The van der Waals surface area contributed by atoms with Crippen molar-refractivity contribution in [2.45, 2.75) is 39.5 Å². The fraction of sp³-hybridized carbons (Fsp3) is 0.233. The Morgan fingerprint density at radius 2 is 1.85 bits per heavy atom. The molecule has 2 N–H and O–H groups in total. The van der Waals surface area contributed by atoms with Crippen LogP contribution < -0.4 is 11.0 Å². The molecular weight excluding hydrogens is 535 g/mol. The van der Waals surface area contributed by atoms with Crippen molar-refractivity contribution in [1.82, 2.24) is 14.3 Å². The normalized spacial score (nSPS) is 11.8. The first-order valence-electron chi connectivity index (χ1n) is 12.7. The molecule has 1 aromatic heterocycles. The fourth-order valence-corrected chi connectivity index (χ4v) is 4.53. The highest BCUT2D eigenvalue weighted by molar-refractivity contribution is 6.33. The maximum absolute atomic E-state index is 15.6. The first kappa shape index (κ1) is 28.9. The number of aliphatic hydroxyl groups is 1. The van der Waals surface area contributed by atoms with Crippen LogP contribution in [0.25, 0.3) is 5.69 Å². The van der Waals surface area contributed by atoms with E-state index in [1.807, 2.05) is 30.3 Å². The highest BCUT2D eigenvalue weighted by Crippen LogP contribution is 2.31. The molecule has 0 aliphatic heterocycles. The van der Waals surface area contributed by atoms with E-state index in [1.165, 1.54) is 10.6 Å². The summed E-state index contributed by atoms with van der Waals surface area (Å²) in [6, 6.07) is 18.6. The van der Waals surface area contributed by atoms with Gasteiger partial charge in [0.15, 0.2) is 5.82 Å². The summed E-state index contributed by atoms with van der Waals surface area (Å²) in [5, 5.41) is 17.5. The summed E-state index contributed by atoms with van der Waals surface area (Å²) in [4.78, 5) is 26.6. The van der Waals surface area contributed by atoms with E-state index in [1.54, 1.807) is 38.1 Å². The van der Waals surface area contributed by atoms with Crippen LogP contribution in [0.3, 0.4) is 0 Å². The summed E-state index contributed by atoms with van der Waals surface area (Å²) in [5.74, 6) is -1.85. The van der Waals surface area contributed by atoms with E-state index in [0.717, 1.165) is 16.3 Å². The molecule has 4 aromatic rings. The molecule has 0 radical (unpaired) electrons. The van der Waals surface area contributed by atoms with E-state index in [4.69, 9.17) is 16.3 Å². The van der Waals surface area contributed by atoms with Crippen LogP contribution in [-0.4, -0.2) is 32.0 Å². The third kappa shape index (κ3) is 6.22. The van der Waals surface area contributed by atoms with E-state index in [9.17, 15) is 14.7 Å². The Morgan fingerprint density at radius 1 is 1.15 bits per heavy atom. The molecular formula is C30H30ClFN4O4. The van der Waals surface area contributed by atoms with Gasteiger partial charge in [-0.15, -0.1) is 5.10 Å². The molecule has 208 valence electrons. The quantitative estimate of drug-likeness (QED) is 0.235. The number of aromatic nitrogens is 3. The average Bonchev–Trinajstić information content (AvgIpc) is 3.25. The second-order valence-corrected chi connectivity index (χ2v) is 9.65. The number of anilines is 1. The number of aliphatic hydroxyl groups excluding tert-OH is 1. The van der Waals surface area contributed by atoms with Crippen LogP contribution >= 0.6 is 11.6 Å². The molecule has 40 heavy (non-hydrogen) atoms. The number of rotatable bonds is 11. The van der Waals surface area contributed by atoms with Gasteiger partial charge in [-0.3, -0.25) is 9.36 Å². The number of hydrogen-bond acceptors (Lipinski definition) is 5. The van der Waals surface area contributed by atoms with Crippen molar-refractivity contribution < 1.29 is 19.0 Å². The zero-order valence-corrected chi connectivity index (χ0v) is 23.0. The molecule has 8 nitrogen and oxygen atoms in total. The van der Waals surface area contributed by atoms with Gasteiger partial charge in [0.2, 0.25) is 0 Å². The van der Waals surface area contributed by atoms with Crippen LogP contribution in [0, 0.1) is 5.82 Å². The van der Waals surface area contributed by atoms with Gasteiger partial charge in [0.25, 0.3) is 5.91 Å². The zero-order chi connectivity index (χ0) is 28.8. The fourth-order valence-electron chi connectivity index (χ4n) is 4.35. The molecule has 0 spiro atoms. The summed E-state index contributed by atoms with van der Waals surface area (Å²) < 4.78 is 23.7. The summed E-state index contributed by atoms with van der Waals surface area (Å²) >= 11 is 6.19. The number of ether oxygens (including phenoxy) is 1. The lowest BCUT2D eigenvalue weighted by atomic mass is 9.89. The third-order valence-electron chi connectivity index (χ3n) is 6.46. The molecule has 0 saturated heterocycles. The Balaban J connectivity index is 1.73. The van der Waals surface area contributed by atoms with Crippen molar-refractivity contribution >= 4 is 23.2 Å². The van der Waals surface area contributed by atoms with Crippen molar-refractivity contribution in [1.29, 1.82) is 0 Å². The average molecular weight is 565 g/mol. The van der Waals surface area contributed by atoms with E-state index < -0.39 is 23.3 Å². The predicted molar refractivity (Wildman–Crippen MR) is 152 cm³/mol. The van der Waals surface area contributed by atoms with Gasteiger partial charge in [0.1, 0.15) is 18.1 Å². The Morgan fingerprint density at radius 3 is 2.50 bits per heavy atom. The van der Waals surface area contributed by atoms with Gasteiger partial charge in [0.05, 0.1) is 23.9 Å². The lowest BCUT2D eigenvalue weighted by Gasteiger charge is -2.20. The Labute approximate surface area is 236 Å². The van der Waals surface area contributed by atoms with Crippen molar-refractivity contribution in [3.63, 3.8) is 0 Å². The minimum absolute atomic E-state index is 0.0300. The molecule has 0 fully saturated rings. The van der Waals surface area contributed by atoms with Crippen LogP contribution in [0.1, 0.15) is 47.1 Å². The maximum Gasteiger partial charge on any atom is 0.350 e. The van der Waals surface area contributed by atoms with E-state index >= 15 is 4.39 Å². The number of halogens is 2. The molecule has 4 rings (SSSR count). The predicted octanol–water partition coefficient (Wildman–Crippen LogP) is 5.47. The van der Waals surface area contributed by atoms with Gasteiger partial charge in [-0.1, -0.05) is 66.2 Å². The molecule has 10 heteroatoms. The van der Waals surface area contributed by atoms with Crippen LogP contribution in [0.15, 0.2) is 83.7 Å². The lowest BCUT2D eigenvalue weighted by molar-refractivity contribution is 0.0989. The smallest absolute Gasteiger partial charge is 0.350 e. The van der Waals surface area contributed by atoms with Crippen molar-refractivity contribution in [2.75, 3.05) is 11.9 Å². The molecule has 1 heterocycles. The minimum atomic E-state index is -0.842. The van der Waals surface area contributed by atoms with Crippen LogP contribution in [0.2, 0.25) is 5.02 Å². The summed E-state index contributed by atoms with van der Waals surface area (Å²) in [5.41, 5.74) is 1.39. The number of carbonyl (C=O) groups is 1. The van der Waals surface area contributed by atoms with Gasteiger partial charge in [-0.05, 0) is 49.2 Å². The highest BCUT2D eigenvalue weighted by Gasteiger charge is 2.25. The lowest BCUT2D eigenvalue weighted by Crippen LogP contribution is -2.25. The Hall–Kier alpha value is -4.05. The van der Waals surface area contributed by atoms with Gasteiger partial charge < -0.3 is 15.2 Å². The van der Waals surface area contributed by atoms with Crippen molar-refractivity contribution in [3.8, 4) is 5.69 Å². The molecule has 1 amide bonds. The second-order valence-electron chi connectivity index (χ2n) is 9.24. The standard InChI is InChI=1S/C30H30ClFN4O4/c1-4-35-28(18-40-17-20-10-6-5-7-11-20)34-36(30(35)39)27-15-21(23(16-37)19(2)3)22(14-25(27)32)29(38)33-26-13-9-8-12-24(26)31/h5-15,23,37H,2,4,16-18H2,1,3H3,(H,33,38). The second kappa shape index (κ2) is 12.9. The molecule has 0 saturated carbocycles. The van der Waals surface area contributed by atoms with Crippen molar-refractivity contribution in [3.05, 3.63) is 123 Å². The summed E-state index contributed by atoms with van der Waals surface area (Å²) in [6.07, 6.45) is 0. The monoisotopic (exact) mass is 564 g/mol. The number of amides is 1. The maximum atomic E-state index is 15.6. The third-order valence-corrected chi connectivity index (χ3v) is 6.79. The largest absolute Gasteiger partial charge is 0.395 e. The molecule has 3 aromatic carbocycles. The molecule has 1 unspecified atom stereocenters. The SMILES string of the molecule is C=C(C)C(CO)c1cc(-n2nc(COCc3ccccc3)n(CC)c2=O)c(F)cc1C(=O)Nc1ccccc1Cl. The number of carbonyl (C=O) groups excluding carboxylic acids is 1. The number of para-hydroxylation sites is 1. The van der Waals surface area contributed by atoms with Crippen LogP contribution in [0.4, 0.5) is 10.1 Å². The first-order chi connectivity index (χ1) is 19.2. The van der Waals surface area contributed by atoms with E-state index in [2.05, 4.69) is 17.0 Å². The minimum Gasteiger partial charge on any atom is -0.395 e. The summed E-state index contributed by atoms with van der Waals surface area (Å²) in [7, 11) is 0. The topological polar surface area (TPSA) is 98.4 Å². The number of nitrogens with one attached hydrogen (secondary N) is 1. The Kier molecular flexibility index (Phi) is 9.31. The molecule has 1 atom stereocenters. The first-order valence-corrected chi connectivity index (χ1v) is 13.1. The van der Waals surface area contributed by atoms with Gasteiger partial charge in [-0.2, -0.15) is 4.68 Å². The Bertz CT molecular complexity index is 1580.